The first-order valence-corrected chi connectivity index (χ1v) is 20.9. The fraction of sp³-hybridized carbons (Fsp3) is 0.444. The normalized spacial score (nSPS) is 23.2. The number of aromatic nitrogens is 2. The Kier molecular flexibility index (Phi) is 10.6. The van der Waals surface area contributed by atoms with E-state index in [0.717, 1.165) is 90.0 Å². The number of hydrogen-bond donors (Lipinski definition) is 3. The second kappa shape index (κ2) is 16.3. The Morgan fingerprint density at radius 3 is 2.29 bits per heavy atom. The van der Waals surface area contributed by atoms with Gasteiger partial charge in [-0.15, -0.1) is 10.2 Å². The number of nitrogens with two attached hydrogens (primary N) is 1. The number of para-hydroxylation sites is 1. The summed E-state index contributed by atoms with van der Waals surface area (Å²) < 4.78 is 5.85. The first kappa shape index (κ1) is 37.9. The van der Waals surface area contributed by atoms with Crippen molar-refractivity contribution in [1.82, 2.24) is 25.3 Å². The number of carbonyl (C=O) groups excluding carboxylic acids is 3. The Hall–Kier alpha value is -5.69. The molecule has 0 saturated carbocycles. The maximum absolute atomic E-state index is 13.7. The van der Waals surface area contributed by atoms with Crippen molar-refractivity contribution in [3.8, 4) is 22.8 Å². The van der Waals surface area contributed by atoms with Crippen molar-refractivity contribution in [1.29, 1.82) is 0 Å². The van der Waals surface area contributed by atoms with Gasteiger partial charge >= 0.3 is 0 Å². The highest BCUT2D eigenvalue weighted by Gasteiger charge is 2.41. The third-order valence-corrected chi connectivity index (χ3v) is 13.0. The number of carbonyl (C=O) groups is 3. The van der Waals surface area contributed by atoms with E-state index in [0.29, 0.717) is 53.2 Å². The lowest BCUT2D eigenvalue weighted by Gasteiger charge is -2.43. The van der Waals surface area contributed by atoms with Crippen molar-refractivity contribution in [2.45, 2.75) is 82.0 Å². The minimum atomic E-state index is -0.642. The summed E-state index contributed by atoms with van der Waals surface area (Å²) in [7, 11) is 0. The number of amides is 3. The number of phenols is 1. The van der Waals surface area contributed by atoms with Crippen molar-refractivity contribution in [2.75, 3.05) is 54.8 Å². The molecule has 4 aromatic rings. The second-order valence-corrected chi connectivity index (χ2v) is 16.7. The van der Waals surface area contributed by atoms with E-state index in [4.69, 9.17) is 10.5 Å². The lowest BCUT2D eigenvalue weighted by atomic mass is 9.88. The van der Waals surface area contributed by atoms with Gasteiger partial charge in [-0.25, -0.2) is 0 Å². The standard InChI is InChI=1S/C45H52N8O5/c46-43-39(25-38(48-49-43)37-6-1-2-7-40(37)54)52-27-34-10-11-35(28-52)53(34)33-5-3-4-29(24-33)26-50-20-16-32(17-21-50)45(57)51-22-18-31(19-23-51)30-8-12-36(13-9-30)58-41-14-15-42(55)47-44(41)56/h1-9,12-13,24-25,31-32,34-35,41,54H,10-11,14-23,26-28H2,(H2,46,49)(H,47,55,56). The van der Waals surface area contributed by atoms with Crippen LogP contribution >= 0.6 is 0 Å². The average Bonchev–Trinajstić information content (AvgIpc) is 3.51. The largest absolute Gasteiger partial charge is 0.507 e. The minimum Gasteiger partial charge on any atom is -0.507 e. The molecule has 58 heavy (non-hydrogen) atoms. The summed E-state index contributed by atoms with van der Waals surface area (Å²) in [4.78, 5) is 46.7. The predicted molar refractivity (Wildman–Crippen MR) is 221 cm³/mol. The number of nitrogen functional groups attached to an aromatic ring is 1. The van der Waals surface area contributed by atoms with Crippen LogP contribution in [0.5, 0.6) is 11.5 Å². The molecular weight excluding hydrogens is 733 g/mol. The summed E-state index contributed by atoms with van der Waals surface area (Å²) in [6.45, 7) is 5.93. The smallest absolute Gasteiger partial charge is 0.267 e. The number of phenolic OH excluding ortho intramolecular Hbond substituents is 1. The van der Waals surface area contributed by atoms with Crippen LogP contribution < -0.4 is 25.6 Å². The molecule has 0 spiro atoms. The topological polar surface area (TPSA) is 157 Å². The van der Waals surface area contributed by atoms with Crippen LogP contribution in [0.25, 0.3) is 11.3 Å². The van der Waals surface area contributed by atoms with Gasteiger partial charge in [-0.1, -0.05) is 36.4 Å². The van der Waals surface area contributed by atoms with Gasteiger partial charge in [0.1, 0.15) is 11.5 Å². The lowest BCUT2D eigenvalue weighted by molar-refractivity contribution is -0.139. The number of aromatic hydroxyl groups is 1. The molecule has 0 radical (unpaired) electrons. The molecule has 3 atom stereocenters. The van der Waals surface area contributed by atoms with Gasteiger partial charge < -0.3 is 30.3 Å². The van der Waals surface area contributed by atoms with Gasteiger partial charge in [-0.05, 0) is 111 Å². The summed E-state index contributed by atoms with van der Waals surface area (Å²) in [5, 5.41) is 21.3. The van der Waals surface area contributed by atoms with Crippen LogP contribution in [-0.2, 0) is 20.9 Å². The number of piperidine rings is 3. The molecule has 13 heteroatoms. The van der Waals surface area contributed by atoms with Crippen molar-refractivity contribution in [2.24, 2.45) is 5.92 Å². The summed E-state index contributed by atoms with van der Waals surface area (Å²) in [5.41, 5.74) is 12.3. The van der Waals surface area contributed by atoms with Crippen molar-refractivity contribution < 1.29 is 24.2 Å². The van der Waals surface area contributed by atoms with Gasteiger partial charge in [0, 0.05) is 74.8 Å². The molecule has 5 fully saturated rings. The van der Waals surface area contributed by atoms with Gasteiger partial charge in [0.15, 0.2) is 11.9 Å². The predicted octanol–water partition coefficient (Wildman–Crippen LogP) is 5.09. The number of nitrogens with zero attached hydrogens (tertiary/aromatic N) is 6. The molecule has 13 nitrogen and oxygen atoms in total. The quantitative estimate of drug-likeness (QED) is 0.194. The van der Waals surface area contributed by atoms with E-state index in [1.54, 1.807) is 12.1 Å². The summed E-state index contributed by atoms with van der Waals surface area (Å²) in [6, 6.07) is 26.8. The van der Waals surface area contributed by atoms with Crippen molar-refractivity contribution in [3.05, 3.63) is 90.0 Å². The maximum Gasteiger partial charge on any atom is 0.267 e. The first-order valence-electron chi connectivity index (χ1n) is 20.9. The third-order valence-electron chi connectivity index (χ3n) is 13.0. The van der Waals surface area contributed by atoms with Crippen LogP contribution in [0.15, 0.2) is 78.9 Å². The number of piperazine rings is 1. The maximum atomic E-state index is 13.7. The molecule has 1 aromatic heterocycles. The zero-order chi connectivity index (χ0) is 39.8. The zero-order valence-corrected chi connectivity index (χ0v) is 32.8. The van der Waals surface area contributed by atoms with E-state index in [9.17, 15) is 19.5 Å². The van der Waals surface area contributed by atoms with Crippen molar-refractivity contribution in [3.63, 3.8) is 0 Å². The Balaban J connectivity index is 0.747. The van der Waals surface area contributed by atoms with E-state index in [1.807, 2.05) is 30.3 Å². The minimum absolute atomic E-state index is 0.0777. The number of ether oxygens (including phenoxy) is 1. The number of hydrogen-bond acceptors (Lipinski definition) is 11. The molecule has 6 heterocycles. The number of imide groups is 1. The van der Waals surface area contributed by atoms with E-state index in [-0.39, 0.29) is 29.9 Å². The molecule has 5 aliphatic rings. The van der Waals surface area contributed by atoms with Crippen molar-refractivity contribution >= 4 is 34.9 Å². The average molecular weight is 785 g/mol. The molecule has 9 rings (SSSR count). The van der Waals surface area contributed by atoms with Crippen LogP contribution in [-0.4, -0.2) is 100 Å². The fourth-order valence-corrected chi connectivity index (χ4v) is 9.86. The first-order chi connectivity index (χ1) is 28.3. The molecule has 3 amide bonds. The lowest BCUT2D eigenvalue weighted by Crippen LogP contribution is -2.54. The van der Waals surface area contributed by atoms with Crippen LogP contribution in [0.1, 0.15) is 68.4 Å². The van der Waals surface area contributed by atoms with Crippen LogP contribution in [0.2, 0.25) is 0 Å². The van der Waals surface area contributed by atoms with E-state index in [1.165, 1.54) is 16.8 Å². The van der Waals surface area contributed by atoms with Gasteiger partial charge in [-0.2, -0.15) is 0 Å². The number of nitrogens with one attached hydrogen (secondary N) is 1. The van der Waals surface area contributed by atoms with Gasteiger partial charge in [0.05, 0.1) is 11.4 Å². The van der Waals surface area contributed by atoms with E-state index in [2.05, 4.69) is 71.5 Å². The zero-order valence-electron chi connectivity index (χ0n) is 32.8. The second-order valence-electron chi connectivity index (χ2n) is 16.7. The number of benzene rings is 3. The third kappa shape index (κ3) is 7.92. The molecule has 5 aliphatic heterocycles. The molecule has 3 unspecified atom stereocenters. The van der Waals surface area contributed by atoms with Crippen LogP contribution in [0.3, 0.4) is 0 Å². The molecule has 302 valence electrons. The Morgan fingerprint density at radius 1 is 0.828 bits per heavy atom. The number of fused-ring (bicyclic) bond motifs is 2. The number of anilines is 3. The van der Waals surface area contributed by atoms with Gasteiger partial charge in [-0.3, -0.25) is 24.6 Å². The molecule has 4 N–H and O–H groups in total. The fourth-order valence-electron chi connectivity index (χ4n) is 9.86. The van der Waals surface area contributed by atoms with E-state index >= 15 is 0 Å². The van der Waals surface area contributed by atoms with Gasteiger partial charge in [0.25, 0.3) is 5.91 Å². The Labute approximate surface area is 339 Å². The molecule has 0 aliphatic carbocycles. The summed E-state index contributed by atoms with van der Waals surface area (Å²) in [6.07, 6.45) is 5.91. The Morgan fingerprint density at radius 2 is 1.57 bits per heavy atom. The summed E-state index contributed by atoms with van der Waals surface area (Å²) in [5.74, 6) is 1.34. The van der Waals surface area contributed by atoms with Crippen LogP contribution in [0.4, 0.5) is 17.2 Å². The van der Waals surface area contributed by atoms with Gasteiger partial charge in [0.2, 0.25) is 11.8 Å². The van der Waals surface area contributed by atoms with E-state index < -0.39 is 6.10 Å². The highest BCUT2D eigenvalue weighted by atomic mass is 16.5. The molecule has 3 aromatic carbocycles. The molecule has 2 bridgehead atoms. The van der Waals surface area contributed by atoms with Crippen LogP contribution in [0, 0.1) is 5.92 Å². The highest BCUT2D eigenvalue weighted by Crippen LogP contribution is 2.40. The number of likely N-dealkylation sites (tertiary alicyclic amines) is 2. The monoisotopic (exact) mass is 784 g/mol. The number of rotatable bonds is 9. The molecular formula is C45H52N8O5. The highest BCUT2D eigenvalue weighted by molar-refractivity contribution is 5.99. The Bertz CT molecular complexity index is 2130. The summed E-state index contributed by atoms with van der Waals surface area (Å²) >= 11 is 0. The SMILES string of the molecule is Nc1nnc(-c2ccccc2O)cc1N1CC2CCC(C1)N2c1cccc(CN2CCC(C(=O)N3CCC(c4ccc(OC5CCC(=O)NC5=O)cc4)CC3)CC2)c1. The molecule has 5 saturated heterocycles.